The third-order valence-electron chi connectivity index (χ3n) is 4.10. The Morgan fingerprint density at radius 3 is 2.33 bits per heavy atom. The standard InChI is InChI=1S/C20H19BrN2O4/c1-11-12(2)27-20(22-11)13-6-5-7-15(8-13)23-19(24)14-9-16(25-3)18(21)17(10-14)26-4/h5-10H,1-4H3,(H,23,24). The number of ether oxygens (including phenoxy) is 2. The van der Waals surface area contributed by atoms with E-state index in [1.807, 2.05) is 32.0 Å². The molecule has 0 spiro atoms. The number of anilines is 1. The van der Waals surface area contributed by atoms with E-state index in [0.29, 0.717) is 33.1 Å². The number of hydrogen-bond acceptors (Lipinski definition) is 5. The van der Waals surface area contributed by atoms with Gasteiger partial charge in [-0.25, -0.2) is 4.98 Å². The molecule has 0 aliphatic heterocycles. The van der Waals surface area contributed by atoms with Crippen molar-refractivity contribution in [1.82, 2.24) is 4.98 Å². The number of amides is 1. The molecule has 1 heterocycles. The Kier molecular flexibility index (Phi) is 5.51. The number of hydrogen-bond donors (Lipinski definition) is 1. The Bertz CT molecular complexity index is 953. The van der Waals surface area contributed by atoms with Crippen molar-refractivity contribution in [2.24, 2.45) is 0 Å². The molecular formula is C20H19BrN2O4. The van der Waals surface area contributed by atoms with Crippen molar-refractivity contribution in [2.75, 3.05) is 19.5 Å². The van der Waals surface area contributed by atoms with Crippen LogP contribution < -0.4 is 14.8 Å². The lowest BCUT2D eigenvalue weighted by Crippen LogP contribution is -2.12. The highest BCUT2D eigenvalue weighted by molar-refractivity contribution is 9.10. The van der Waals surface area contributed by atoms with Crippen molar-refractivity contribution in [2.45, 2.75) is 13.8 Å². The van der Waals surface area contributed by atoms with Gasteiger partial charge in [0.1, 0.15) is 21.7 Å². The molecule has 0 radical (unpaired) electrons. The topological polar surface area (TPSA) is 73.6 Å². The Morgan fingerprint density at radius 1 is 1.11 bits per heavy atom. The Hall–Kier alpha value is -2.80. The monoisotopic (exact) mass is 430 g/mol. The fraction of sp³-hybridized carbons (Fsp3) is 0.200. The number of benzene rings is 2. The number of carbonyl (C=O) groups is 1. The van der Waals surface area contributed by atoms with Crippen LogP contribution >= 0.6 is 15.9 Å². The van der Waals surface area contributed by atoms with E-state index in [-0.39, 0.29) is 5.91 Å². The molecule has 0 unspecified atom stereocenters. The van der Waals surface area contributed by atoms with E-state index < -0.39 is 0 Å². The van der Waals surface area contributed by atoms with Crippen LogP contribution in [0.3, 0.4) is 0 Å². The van der Waals surface area contributed by atoms with Crippen molar-refractivity contribution in [3.05, 3.63) is 57.9 Å². The van der Waals surface area contributed by atoms with E-state index in [1.165, 1.54) is 14.2 Å². The number of halogens is 1. The average molecular weight is 431 g/mol. The summed E-state index contributed by atoms with van der Waals surface area (Å²) in [5, 5.41) is 2.88. The molecular weight excluding hydrogens is 412 g/mol. The molecule has 0 fully saturated rings. The molecule has 2 aromatic carbocycles. The normalized spacial score (nSPS) is 10.6. The largest absolute Gasteiger partial charge is 0.495 e. The predicted molar refractivity (Wildman–Crippen MR) is 107 cm³/mol. The summed E-state index contributed by atoms with van der Waals surface area (Å²) < 4.78 is 16.9. The van der Waals surface area contributed by atoms with Gasteiger partial charge in [-0.2, -0.15) is 0 Å². The van der Waals surface area contributed by atoms with Gasteiger partial charge in [0, 0.05) is 16.8 Å². The summed E-state index contributed by atoms with van der Waals surface area (Å²) >= 11 is 3.40. The number of nitrogens with one attached hydrogen (secondary N) is 1. The predicted octanol–water partition coefficient (Wildman–Crippen LogP) is 4.99. The first-order chi connectivity index (χ1) is 12.9. The number of aromatic nitrogens is 1. The van der Waals surface area contributed by atoms with Gasteiger partial charge in [0.25, 0.3) is 5.91 Å². The van der Waals surface area contributed by atoms with Gasteiger partial charge in [-0.3, -0.25) is 4.79 Å². The number of carbonyl (C=O) groups excluding carboxylic acids is 1. The molecule has 3 aromatic rings. The van der Waals surface area contributed by atoms with Gasteiger partial charge in [0.15, 0.2) is 0 Å². The van der Waals surface area contributed by atoms with Crippen LogP contribution in [0.2, 0.25) is 0 Å². The molecule has 0 atom stereocenters. The van der Waals surface area contributed by atoms with Crippen LogP contribution in [0, 0.1) is 13.8 Å². The fourth-order valence-electron chi connectivity index (χ4n) is 2.53. The molecule has 27 heavy (non-hydrogen) atoms. The SMILES string of the molecule is COc1cc(C(=O)Nc2cccc(-c3nc(C)c(C)o3)c2)cc(OC)c1Br. The van der Waals surface area contributed by atoms with E-state index in [0.717, 1.165) is 17.0 Å². The molecule has 7 heteroatoms. The van der Waals surface area contributed by atoms with Gasteiger partial charge >= 0.3 is 0 Å². The van der Waals surface area contributed by atoms with E-state index in [1.54, 1.807) is 18.2 Å². The lowest BCUT2D eigenvalue weighted by atomic mass is 10.1. The van der Waals surface area contributed by atoms with Gasteiger partial charge in [0.2, 0.25) is 5.89 Å². The fourth-order valence-corrected chi connectivity index (χ4v) is 3.08. The van der Waals surface area contributed by atoms with Gasteiger partial charge in [-0.1, -0.05) is 6.07 Å². The van der Waals surface area contributed by atoms with Gasteiger partial charge in [0.05, 0.1) is 19.9 Å². The molecule has 0 aliphatic rings. The van der Waals surface area contributed by atoms with Crippen LogP contribution in [-0.2, 0) is 0 Å². The van der Waals surface area contributed by atoms with Crippen molar-refractivity contribution in [1.29, 1.82) is 0 Å². The van der Waals surface area contributed by atoms with Crippen LogP contribution in [0.25, 0.3) is 11.5 Å². The second-order valence-corrected chi connectivity index (χ2v) is 6.68. The number of methoxy groups -OCH3 is 2. The third kappa shape index (κ3) is 3.98. The summed E-state index contributed by atoms with van der Waals surface area (Å²) in [5.41, 5.74) is 2.68. The van der Waals surface area contributed by atoms with E-state index in [4.69, 9.17) is 13.9 Å². The molecule has 140 valence electrons. The Morgan fingerprint density at radius 2 is 1.78 bits per heavy atom. The van der Waals surface area contributed by atoms with Crippen molar-refractivity contribution in [3.63, 3.8) is 0 Å². The summed E-state index contributed by atoms with van der Waals surface area (Å²) in [4.78, 5) is 17.1. The van der Waals surface area contributed by atoms with Gasteiger partial charge in [-0.15, -0.1) is 0 Å². The van der Waals surface area contributed by atoms with E-state index in [9.17, 15) is 4.79 Å². The quantitative estimate of drug-likeness (QED) is 0.616. The Balaban J connectivity index is 1.87. The maximum absolute atomic E-state index is 12.7. The molecule has 1 amide bonds. The molecule has 0 bridgehead atoms. The minimum Gasteiger partial charge on any atom is -0.495 e. The smallest absolute Gasteiger partial charge is 0.255 e. The van der Waals surface area contributed by atoms with Crippen LogP contribution in [0.1, 0.15) is 21.8 Å². The zero-order valence-electron chi connectivity index (χ0n) is 15.4. The summed E-state index contributed by atoms with van der Waals surface area (Å²) in [5.74, 6) is 2.04. The minimum absolute atomic E-state index is 0.281. The molecule has 1 N–H and O–H groups in total. The van der Waals surface area contributed by atoms with E-state index >= 15 is 0 Å². The van der Waals surface area contributed by atoms with E-state index in [2.05, 4.69) is 26.2 Å². The lowest BCUT2D eigenvalue weighted by Gasteiger charge is -2.12. The summed E-state index contributed by atoms with van der Waals surface area (Å²) in [6, 6.07) is 10.6. The summed E-state index contributed by atoms with van der Waals surface area (Å²) in [6.45, 7) is 3.76. The molecule has 0 saturated carbocycles. The van der Waals surface area contributed by atoms with Crippen molar-refractivity contribution < 1.29 is 18.7 Å². The van der Waals surface area contributed by atoms with Crippen molar-refractivity contribution in [3.8, 4) is 23.0 Å². The second-order valence-electron chi connectivity index (χ2n) is 5.89. The third-order valence-corrected chi connectivity index (χ3v) is 4.89. The minimum atomic E-state index is -0.281. The number of aryl methyl sites for hydroxylation is 2. The molecule has 6 nitrogen and oxygen atoms in total. The number of rotatable bonds is 5. The van der Waals surface area contributed by atoms with Crippen LogP contribution in [-0.4, -0.2) is 25.1 Å². The number of nitrogens with zero attached hydrogens (tertiary/aromatic N) is 1. The molecule has 3 rings (SSSR count). The first-order valence-corrected chi connectivity index (χ1v) is 8.99. The zero-order valence-corrected chi connectivity index (χ0v) is 17.0. The molecule has 0 aliphatic carbocycles. The highest BCUT2D eigenvalue weighted by Gasteiger charge is 2.15. The maximum Gasteiger partial charge on any atom is 0.255 e. The highest BCUT2D eigenvalue weighted by atomic mass is 79.9. The van der Waals surface area contributed by atoms with Gasteiger partial charge in [-0.05, 0) is 60.1 Å². The lowest BCUT2D eigenvalue weighted by molar-refractivity contribution is 0.102. The van der Waals surface area contributed by atoms with Gasteiger partial charge < -0.3 is 19.2 Å². The Labute approximate surface area is 165 Å². The highest BCUT2D eigenvalue weighted by Crippen LogP contribution is 2.36. The van der Waals surface area contributed by atoms with Crippen molar-refractivity contribution >= 4 is 27.5 Å². The first kappa shape index (κ1) is 19.0. The molecule has 0 saturated heterocycles. The summed E-state index contributed by atoms with van der Waals surface area (Å²) in [6.07, 6.45) is 0. The second kappa shape index (κ2) is 7.84. The first-order valence-electron chi connectivity index (χ1n) is 8.20. The average Bonchev–Trinajstić information content (AvgIpc) is 3.01. The number of oxazole rings is 1. The maximum atomic E-state index is 12.7. The zero-order chi connectivity index (χ0) is 19.6. The molecule has 1 aromatic heterocycles. The van der Waals surface area contributed by atoms with Crippen LogP contribution in [0.5, 0.6) is 11.5 Å². The van der Waals surface area contributed by atoms with Crippen LogP contribution in [0.4, 0.5) is 5.69 Å². The summed E-state index contributed by atoms with van der Waals surface area (Å²) in [7, 11) is 3.07. The van der Waals surface area contributed by atoms with Crippen LogP contribution in [0.15, 0.2) is 45.3 Å².